The third-order valence-corrected chi connectivity index (χ3v) is 5.71. The Balaban J connectivity index is 1.84. The number of nitrogens with zero attached hydrogens (tertiary/aromatic N) is 2. The van der Waals surface area contributed by atoms with E-state index in [4.69, 9.17) is 4.74 Å². The highest BCUT2D eigenvalue weighted by Crippen LogP contribution is 2.26. The third kappa shape index (κ3) is 6.29. The first kappa shape index (κ1) is 26.0. The van der Waals surface area contributed by atoms with E-state index in [2.05, 4.69) is 20.9 Å². The number of carbonyl (C=O) groups is 2. The Bertz CT molecular complexity index is 1250. The number of aromatic nitrogens is 2. The fourth-order valence-electron chi connectivity index (χ4n) is 3.77. The highest BCUT2D eigenvalue weighted by Gasteiger charge is 2.22. The zero-order valence-electron chi connectivity index (χ0n) is 21.6. The van der Waals surface area contributed by atoms with E-state index in [1.165, 1.54) is 12.1 Å². The number of hydrogen-bond donors (Lipinski definition) is 3. The van der Waals surface area contributed by atoms with Crippen molar-refractivity contribution in [1.29, 1.82) is 0 Å². The molecule has 0 spiro atoms. The van der Waals surface area contributed by atoms with Gasteiger partial charge in [0, 0.05) is 18.4 Å². The SMILES string of the molecule is Cc1cc(F)cc(C)c1CNc1cc(NC(=O)[C@H](C)NC(=O)OC(C)(C)C)cn2c(C)c(C)nc12. The molecule has 0 unspecified atom stereocenters. The quantitative estimate of drug-likeness (QED) is 0.449. The van der Waals surface area contributed by atoms with E-state index in [9.17, 15) is 14.0 Å². The summed E-state index contributed by atoms with van der Waals surface area (Å²) in [5, 5.41) is 8.81. The summed E-state index contributed by atoms with van der Waals surface area (Å²) in [7, 11) is 0. The van der Waals surface area contributed by atoms with Crippen molar-refractivity contribution < 1.29 is 18.7 Å². The van der Waals surface area contributed by atoms with Crippen LogP contribution in [0.2, 0.25) is 0 Å². The van der Waals surface area contributed by atoms with Gasteiger partial charge in [0.2, 0.25) is 5.91 Å². The molecule has 0 fully saturated rings. The predicted octanol–water partition coefficient (Wildman–Crippen LogP) is 5.17. The lowest BCUT2D eigenvalue weighted by molar-refractivity contribution is -0.117. The van der Waals surface area contributed by atoms with Crippen molar-refractivity contribution in [2.75, 3.05) is 10.6 Å². The number of fused-ring (bicyclic) bond motifs is 1. The molecule has 0 aliphatic heterocycles. The number of hydrogen-bond acceptors (Lipinski definition) is 5. The third-order valence-electron chi connectivity index (χ3n) is 5.71. The van der Waals surface area contributed by atoms with Crippen LogP contribution in [0.1, 0.15) is 55.8 Å². The van der Waals surface area contributed by atoms with Gasteiger partial charge < -0.3 is 25.1 Å². The maximum atomic E-state index is 13.7. The van der Waals surface area contributed by atoms with Gasteiger partial charge in [-0.15, -0.1) is 0 Å². The second-order valence-electron chi connectivity index (χ2n) is 9.85. The lowest BCUT2D eigenvalue weighted by Crippen LogP contribution is -2.44. The summed E-state index contributed by atoms with van der Waals surface area (Å²) in [6.07, 6.45) is 1.13. The maximum absolute atomic E-state index is 13.7. The Morgan fingerprint density at radius 1 is 1.11 bits per heavy atom. The van der Waals surface area contributed by atoms with Gasteiger partial charge in [-0.05, 0) is 90.3 Å². The first-order valence-electron chi connectivity index (χ1n) is 11.5. The number of alkyl carbamates (subject to hydrolysis) is 1. The molecule has 35 heavy (non-hydrogen) atoms. The lowest BCUT2D eigenvalue weighted by atomic mass is 10.0. The standard InChI is InChI=1S/C26H34FN5O3/c1-14-9-19(27)10-15(2)21(14)12-28-22-11-20(13-32-18(5)16(3)29-23(22)32)31-24(33)17(4)30-25(34)35-26(6,7)8/h9-11,13,17,28H,12H2,1-8H3,(H,30,34)(H,31,33)/t17-/m0/s1. The zero-order valence-corrected chi connectivity index (χ0v) is 21.6. The molecule has 0 aliphatic carbocycles. The van der Waals surface area contributed by atoms with Gasteiger partial charge in [-0.1, -0.05) is 0 Å². The highest BCUT2D eigenvalue weighted by molar-refractivity contribution is 5.97. The second-order valence-corrected chi connectivity index (χ2v) is 9.85. The van der Waals surface area contributed by atoms with Gasteiger partial charge in [0.25, 0.3) is 0 Å². The first-order chi connectivity index (χ1) is 16.2. The zero-order chi connectivity index (χ0) is 26.1. The lowest BCUT2D eigenvalue weighted by Gasteiger charge is -2.22. The van der Waals surface area contributed by atoms with Crippen LogP contribution in [-0.4, -0.2) is 33.0 Å². The number of nitrogens with one attached hydrogen (secondary N) is 3. The van der Waals surface area contributed by atoms with Crippen LogP contribution in [0.25, 0.3) is 5.65 Å². The van der Waals surface area contributed by atoms with Gasteiger partial charge in [0.05, 0.1) is 17.1 Å². The van der Waals surface area contributed by atoms with Crippen molar-refractivity contribution >= 4 is 29.0 Å². The van der Waals surface area contributed by atoms with Gasteiger partial charge in [-0.2, -0.15) is 0 Å². The second kappa shape index (κ2) is 9.93. The summed E-state index contributed by atoms with van der Waals surface area (Å²) >= 11 is 0. The molecule has 3 rings (SSSR count). The molecule has 3 N–H and O–H groups in total. The molecule has 1 aromatic carbocycles. The highest BCUT2D eigenvalue weighted by atomic mass is 19.1. The molecular formula is C26H34FN5O3. The Morgan fingerprint density at radius 2 is 1.74 bits per heavy atom. The van der Waals surface area contributed by atoms with Crippen molar-refractivity contribution in [3.63, 3.8) is 0 Å². The summed E-state index contributed by atoms with van der Waals surface area (Å²) in [6, 6.07) is 4.01. The molecule has 3 aromatic rings. The van der Waals surface area contributed by atoms with Crippen LogP contribution in [0.4, 0.5) is 20.6 Å². The summed E-state index contributed by atoms with van der Waals surface area (Å²) in [6.45, 7) is 14.9. The van der Waals surface area contributed by atoms with Crippen LogP contribution in [-0.2, 0) is 16.1 Å². The van der Waals surface area contributed by atoms with E-state index < -0.39 is 17.7 Å². The van der Waals surface area contributed by atoms with E-state index in [0.717, 1.165) is 39.4 Å². The molecule has 8 nitrogen and oxygen atoms in total. The van der Waals surface area contributed by atoms with Crippen molar-refractivity contribution in [2.24, 2.45) is 0 Å². The minimum atomic E-state index is -0.813. The Kier molecular flexibility index (Phi) is 7.38. The van der Waals surface area contributed by atoms with Crippen LogP contribution in [0.5, 0.6) is 0 Å². The normalized spacial score (nSPS) is 12.4. The van der Waals surface area contributed by atoms with Crippen LogP contribution in [0.3, 0.4) is 0 Å². The maximum Gasteiger partial charge on any atom is 0.408 e. The molecular weight excluding hydrogens is 449 g/mol. The number of ether oxygens (including phenoxy) is 1. The largest absolute Gasteiger partial charge is 0.444 e. The average molecular weight is 484 g/mol. The van der Waals surface area contributed by atoms with E-state index in [0.29, 0.717) is 12.2 Å². The van der Waals surface area contributed by atoms with Crippen molar-refractivity contribution in [3.05, 3.63) is 58.3 Å². The number of benzene rings is 1. The molecule has 2 aromatic heterocycles. The minimum Gasteiger partial charge on any atom is -0.444 e. The number of rotatable bonds is 6. The Labute approximate surface area is 205 Å². The molecule has 0 radical (unpaired) electrons. The molecule has 0 bridgehead atoms. The molecule has 9 heteroatoms. The molecule has 2 heterocycles. The fourth-order valence-corrected chi connectivity index (χ4v) is 3.77. The topological polar surface area (TPSA) is 96.8 Å². The molecule has 2 amide bonds. The van der Waals surface area contributed by atoms with Crippen molar-refractivity contribution in [1.82, 2.24) is 14.7 Å². The van der Waals surface area contributed by atoms with E-state index >= 15 is 0 Å². The number of halogens is 1. The van der Waals surface area contributed by atoms with E-state index in [1.807, 2.05) is 32.1 Å². The van der Waals surface area contributed by atoms with E-state index in [-0.39, 0.29) is 11.7 Å². The molecule has 0 saturated carbocycles. The minimum absolute atomic E-state index is 0.260. The van der Waals surface area contributed by atoms with Crippen molar-refractivity contribution in [3.8, 4) is 0 Å². The van der Waals surface area contributed by atoms with Gasteiger partial charge in [-0.3, -0.25) is 4.79 Å². The monoisotopic (exact) mass is 483 g/mol. The molecule has 188 valence electrons. The predicted molar refractivity (Wildman–Crippen MR) is 135 cm³/mol. The van der Waals surface area contributed by atoms with Crippen molar-refractivity contribution in [2.45, 2.75) is 73.6 Å². The van der Waals surface area contributed by atoms with Crippen LogP contribution in [0.15, 0.2) is 24.4 Å². The number of anilines is 2. The summed E-state index contributed by atoms with van der Waals surface area (Å²) in [4.78, 5) is 29.5. The van der Waals surface area contributed by atoms with Crippen LogP contribution >= 0.6 is 0 Å². The van der Waals surface area contributed by atoms with Crippen LogP contribution in [0, 0.1) is 33.5 Å². The van der Waals surface area contributed by atoms with E-state index in [1.54, 1.807) is 40.0 Å². The number of carbonyl (C=O) groups excluding carboxylic acids is 2. The Hall–Kier alpha value is -3.62. The van der Waals surface area contributed by atoms with Gasteiger partial charge in [-0.25, -0.2) is 14.2 Å². The van der Waals surface area contributed by atoms with Gasteiger partial charge in [0.15, 0.2) is 5.65 Å². The number of imidazole rings is 1. The average Bonchev–Trinajstić information content (AvgIpc) is 3.00. The smallest absolute Gasteiger partial charge is 0.408 e. The number of pyridine rings is 1. The summed E-state index contributed by atoms with van der Waals surface area (Å²) < 4.78 is 20.9. The number of amides is 2. The summed E-state index contributed by atoms with van der Waals surface area (Å²) in [5.74, 6) is -0.648. The van der Waals surface area contributed by atoms with Crippen LogP contribution < -0.4 is 16.0 Å². The first-order valence-corrected chi connectivity index (χ1v) is 11.5. The Morgan fingerprint density at radius 3 is 2.34 bits per heavy atom. The van der Waals surface area contributed by atoms with Gasteiger partial charge >= 0.3 is 6.09 Å². The number of aryl methyl sites for hydroxylation is 4. The fraction of sp³-hybridized carbons (Fsp3) is 0.423. The molecule has 0 saturated heterocycles. The van der Waals surface area contributed by atoms with Gasteiger partial charge in [0.1, 0.15) is 17.5 Å². The summed E-state index contributed by atoms with van der Waals surface area (Å²) in [5.41, 5.74) is 5.82. The molecule has 0 aliphatic rings. The molecule has 1 atom stereocenters.